The third-order valence-electron chi connectivity index (χ3n) is 4.17. The van der Waals surface area contributed by atoms with Gasteiger partial charge in [0.05, 0.1) is 21.8 Å². The Labute approximate surface area is 134 Å². The Balaban J connectivity index is 2.09. The van der Waals surface area contributed by atoms with E-state index in [0.29, 0.717) is 10.4 Å². The molecule has 116 valence electrons. The highest BCUT2D eigenvalue weighted by Crippen LogP contribution is 2.39. The van der Waals surface area contributed by atoms with E-state index in [2.05, 4.69) is 23.6 Å². The van der Waals surface area contributed by atoms with Crippen LogP contribution in [-0.2, 0) is 0 Å². The number of phenolic OH excluding ortho intramolecular Hbond substituents is 1. The highest BCUT2D eigenvalue weighted by atomic mass is 32.1. The van der Waals surface area contributed by atoms with Gasteiger partial charge in [-0.25, -0.2) is 0 Å². The second-order valence-corrected chi connectivity index (χ2v) is 6.27. The molecule has 1 aromatic heterocycles. The zero-order valence-electron chi connectivity index (χ0n) is 12.9. The summed E-state index contributed by atoms with van der Waals surface area (Å²) in [5.41, 5.74) is 2.43. The van der Waals surface area contributed by atoms with E-state index in [1.54, 1.807) is 12.1 Å². The Morgan fingerprint density at radius 1 is 1.18 bits per heavy atom. The van der Waals surface area contributed by atoms with Crippen LogP contribution >= 0.6 is 11.3 Å². The van der Waals surface area contributed by atoms with Crippen molar-refractivity contribution in [3.05, 3.63) is 40.1 Å². The van der Waals surface area contributed by atoms with E-state index in [1.807, 2.05) is 17.5 Å². The number of likely N-dealkylation sites (N-methyl/N-ethyl adjacent to an activating group) is 2. The third kappa shape index (κ3) is 2.46. The van der Waals surface area contributed by atoms with Gasteiger partial charge < -0.3 is 14.9 Å². The zero-order valence-corrected chi connectivity index (χ0v) is 13.7. The molecule has 1 aromatic carbocycles. The summed E-state index contributed by atoms with van der Waals surface area (Å²) in [6, 6.07) is 7.23. The maximum absolute atomic E-state index is 12.6. The molecular weight excluding hydrogens is 296 g/mol. The summed E-state index contributed by atoms with van der Waals surface area (Å²) in [4.78, 5) is 17.7. The number of nitrogens with zero attached hydrogens (tertiary/aromatic N) is 2. The van der Waals surface area contributed by atoms with Crippen molar-refractivity contribution in [3.8, 4) is 5.75 Å². The first kappa shape index (κ1) is 14.9. The largest absolute Gasteiger partial charge is 0.507 e. The number of phenols is 1. The van der Waals surface area contributed by atoms with Gasteiger partial charge in [0.1, 0.15) is 5.75 Å². The molecule has 0 radical (unpaired) electrons. The van der Waals surface area contributed by atoms with Gasteiger partial charge >= 0.3 is 0 Å². The number of carbonyl (C=O) groups is 1. The molecule has 0 atom stereocenters. The third-order valence-corrected chi connectivity index (χ3v) is 5.04. The van der Waals surface area contributed by atoms with E-state index in [-0.39, 0.29) is 11.5 Å². The molecule has 0 bridgehead atoms. The molecule has 0 amide bonds. The number of benzene rings is 1. The second-order valence-electron chi connectivity index (χ2n) is 5.32. The van der Waals surface area contributed by atoms with Gasteiger partial charge in [-0.2, -0.15) is 0 Å². The number of aromatic hydroxyl groups is 1. The lowest BCUT2D eigenvalue weighted by Gasteiger charge is -2.38. The fourth-order valence-electron chi connectivity index (χ4n) is 2.93. The fraction of sp³-hybridized carbons (Fsp3) is 0.353. The molecule has 1 aliphatic heterocycles. The standard InChI is InChI=1S/C17H20N2O2S/c1-3-18-7-8-19(4-2)14-11-15(20)12(10-13(14)18)17(21)16-6-5-9-22-16/h5-6,9-11,20H,3-4,7-8H2,1-2H3. The molecule has 5 heteroatoms. The Kier molecular flexibility index (Phi) is 4.07. The minimum atomic E-state index is -0.111. The van der Waals surface area contributed by atoms with E-state index in [1.165, 1.54) is 11.3 Å². The van der Waals surface area contributed by atoms with Gasteiger partial charge in [-0.1, -0.05) is 6.07 Å². The van der Waals surface area contributed by atoms with Crippen LogP contribution in [0.3, 0.4) is 0 Å². The van der Waals surface area contributed by atoms with E-state index in [0.717, 1.165) is 37.6 Å². The molecule has 0 saturated carbocycles. The molecule has 22 heavy (non-hydrogen) atoms. The van der Waals surface area contributed by atoms with Gasteiger partial charge in [-0.05, 0) is 31.4 Å². The van der Waals surface area contributed by atoms with Crippen molar-refractivity contribution in [2.75, 3.05) is 36.0 Å². The summed E-state index contributed by atoms with van der Waals surface area (Å²) >= 11 is 1.40. The zero-order chi connectivity index (χ0) is 15.7. The van der Waals surface area contributed by atoms with Crippen LogP contribution in [0.2, 0.25) is 0 Å². The molecule has 3 rings (SSSR count). The van der Waals surface area contributed by atoms with Crippen LogP contribution in [0.1, 0.15) is 29.1 Å². The van der Waals surface area contributed by atoms with E-state index >= 15 is 0 Å². The molecule has 0 saturated heterocycles. The van der Waals surface area contributed by atoms with Crippen LogP contribution in [0.5, 0.6) is 5.75 Å². The van der Waals surface area contributed by atoms with E-state index in [9.17, 15) is 9.90 Å². The molecule has 0 fully saturated rings. The molecular formula is C17H20N2O2S. The molecule has 1 N–H and O–H groups in total. The lowest BCUT2D eigenvalue weighted by molar-refractivity contribution is 0.104. The van der Waals surface area contributed by atoms with E-state index < -0.39 is 0 Å². The van der Waals surface area contributed by atoms with Crippen molar-refractivity contribution in [2.24, 2.45) is 0 Å². The van der Waals surface area contributed by atoms with Crippen LogP contribution in [0.15, 0.2) is 29.6 Å². The lowest BCUT2D eigenvalue weighted by atomic mass is 10.0. The summed E-state index contributed by atoms with van der Waals surface area (Å²) < 4.78 is 0. The maximum atomic E-state index is 12.6. The van der Waals surface area contributed by atoms with Crippen molar-refractivity contribution in [3.63, 3.8) is 0 Å². The summed E-state index contributed by atoms with van der Waals surface area (Å²) in [5.74, 6) is -0.0477. The summed E-state index contributed by atoms with van der Waals surface area (Å²) in [6.07, 6.45) is 0. The van der Waals surface area contributed by atoms with Crippen LogP contribution < -0.4 is 9.80 Å². The molecule has 4 nitrogen and oxygen atoms in total. The van der Waals surface area contributed by atoms with Crippen molar-refractivity contribution in [2.45, 2.75) is 13.8 Å². The predicted molar refractivity (Wildman–Crippen MR) is 91.6 cm³/mol. The average molecular weight is 316 g/mol. The van der Waals surface area contributed by atoms with Crippen LogP contribution in [-0.4, -0.2) is 37.1 Å². The predicted octanol–water partition coefficient (Wildman–Crippen LogP) is 3.35. The Hall–Kier alpha value is -2.01. The first-order valence-electron chi connectivity index (χ1n) is 7.60. The number of hydrogen-bond donors (Lipinski definition) is 1. The van der Waals surface area contributed by atoms with Crippen molar-refractivity contribution in [1.29, 1.82) is 0 Å². The SMILES string of the molecule is CCN1CCN(CC)c2cc(C(=O)c3cccs3)c(O)cc21. The first-order chi connectivity index (χ1) is 10.7. The normalized spacial score (nSPS) is 14.1. The topological polar surface area (TPSA) is 43.8 Å². The number of fused-ring (bicyclic) bond motifs is 1. The van der Waals surface area contributed by atoms with Crippen molar-refractivity contribution >= 4 is 28.5 Å². The van der Waals surface area contributed by atoms with Gasteiger partial charge in [-0.15, -0.1) is 11.3 Å². The highest BCUT2D eigenvalue weighted by Gasteiger charge is 2.25. The molecule has 2 heterocycles. The number of carbonyl (C=O) groups excluding carboxylic acids is 1. The monoisotopic (exact) mass is 316 g/mol. The number of anilines is 2. The number of thiophene rings is 1. The smallest absolute Gasteiger partial charge is 0.206 e. The Bertz CT molecular complexity index is 682. The minimum Gasteiger partial charge on any atom is -0.507 e. The summed E-state index contributed by atoms with van der Waals surface area (Å²) in [7, 11) is 0. The summed E-state index contributed by atoms with van der Waals surface area (Å²) in [6.45, 7) is 7.88. The molecule has 0 unspecified atom stereocenters. The van der Waals surface area contributed by atoms with Crippen molar-refractivity contribution in [1.82, 2.24) is 0 Å². The number of ketones is 1. The molecule has 2 aromatic rings. The summed E-state index contributed by atoms with van der Waals surface area (Å²) in [5, 5.41) is 12.2. The number of hydrogen-bond acceptors (Lipinski definition) is 5. The van der Waals surface area contributed by atoms with Crippen molar-refractivity contribution < 1.29 is 9.90 Å². The van der Waals surface area contributed by atoms with Crippen LogP contribution in [0.25, 0.3) is 0 Å². The fourth-order valence-corrected chi connectivity index (χ4v) is 3.61. The van der Waals surface area contributed by atoms with Gasteiger partial charge in [0.2, 0.25) is 5.78 Å². The molecule has 0 spiro atoms. The molecule has 0 aliphatic carbocycles. The van der Waals surface area contributed by atoms with Gasteiger partial charge in [0, 0.05) is 32.2 Å². The quantitative estimate of drug-likeness (QED) is 0.879. The Morgan fingerprint density at radius 3 is 2.36 bits per heavy atom. The first-order valence-corrected chi connectivity index (χ1v) is 8.48. The number of rotatable bonds is 4. The maximum Gasteiger partial charge on any atom is 0.206 e. The lowest BCUT2D eigenvalue weighted by Crippen LogP contribution is -2.41. The van der Waals surface area contributed by atoms with Crippen LogP contribution in [0.4, 0.5) is 11.4 Å². The van der Waals surface area contributed by atoms with Gasteiger partial charge in [0.15, 0.2) is 0 Å². The van der Waals surface area contributed by atoms with Crippen LogP contribution in [0, 0.1) is 0 Å². The van der Waals surface area contributed by atoms with Gasteiger partial charge in [-0.3, -0.25) is 4.79 Å². The minimum absolute atomic E-state index is 0.0635. The molecule has 1 aliphatic rings. The second kappa shape index (κ2) is 6.01. The van der Waals surface area contributed by atoms with Gasteiger partial charge in [0.25, 0.3) is 0 Å². The van der Waals surface area contributed by atoms with E-state index in [4.69, 9.17) is 0 Å². The average Bonchev–Trinajstić information content (AvgIpc) is 3.07. The Morgan fingerprint density at radius 2 is 1.82 bits per heavy atom. The highest BCUT2D eigenvalue weighted by molar-refractivity contribution is 7.12.